The molecule has 2 saturated heterocycles. The number of hydrogen-bond donors (Lipinski definition) is 2. The van der Waals surface area contributed by atoms with E-state index in [0.29, 0.717) is 71.9 Å². The maximum Gasteiger partial charge on any atom is 0.319 e. The summed E-state index contributed by atoms with van der Waals surface area (Å²) in [6.07, 6.45) is 10.2. The minimum absolute atomic E-state index is 0.0584. The molecule has 6 bridgehead atoms. The largest absolute Gasteiger partial charge is 0.463 e. The van der Waals surface area contributed by atoms with Crippen molar-refractivity contribution in [3.05, 3.63) is 34.7 Å². The SMILES string of the molecule is CN1CCCC1CCOc1nc2c3cnc(c(F)c3n1)-c1cc(N)cc(Cl)c1CCCCC(=O)NCCC1CCCN2C1. The Morgan fingerprint density at radius 1 is 1.12 bits per heavy atom. The molecule has 4 aliphatic heterocycles. The zero-order chi connectivity index (χ0) is 29.9. The number of aromatic nitrogens is 3. The number of ether oxygens (including phenoxy) is 1. The van der Waals surface area contributed by atoms with E-state index in [9.17, 15) is 4.79 Å². The van der Waals surface area contributed by atoms with Crippen LogP contribution in [0.4, 0.5) is 15.9 Å². The van der Waals surface area contributed by atoms with Crippen LogP contribution in [0.3, 0.4) is 0 Å². The Labute approximate surface area is 257 Å². The predicted octanol–water partition coefficient (Wildman–Crippen LogP) is 5.38. The Hall–Kier alpha value is -3.24. The number of pyridine rings is 1. The molecule has 6 heterocycles. The minimum atomic E-state index is -0.543. The van der Waals surface area contributed by atoms with Gasteiger partial charge in [-0.15, -0.1) is 0 Å². The second-order valence-corrected chi connectivity index (χ2v) is 12.7. The highest BCUT2D eigenvalue weighted by Crippen LogP contribution is 2.38. The van der Waals surface area contributed by atoms with Crippen LogP contribution in [-0.4, -0.2) is 71.6 Å². The average molecular weight is 610 g/mol. The summed E-state index contributed by atoms with van der Waals surface area (Å²) in [7, 11) is 2.14. The van der Waals surface area contributed by atoms with Crippen molar-refractivity contribution in [3.8, 4) is 17.3 Å². The summed E-state index contributed by atoms with van der Waals surface area (Å²) in [6, 6.07) is 4.04. The number of hydrogen-bond acceptors (Lipinski definition) is 8. The highest BCUT2D eigenvalue weighted by Gasteiger charge is 2.27. The van der Waals surface area contributed by atoms with Crippen molar-refractivity contribution < 1.29 is 13.9 Å². The van der Waals surface area contributed by atoms with E-state index < -0.39 is 5.82 Å². The Morgan fingerprint density at radius 3 is 2.79 bits per heavy atom. The number of carbonyl (C=O) groups is 1. The summed E-state index contributed by atoms with van der Waals surface area (Å²) in [5, 5.41) is 4.11. The first-order valence-corrected chi connectivity index (χ1v) is 16.0. The van der Waals surface area contributed by atoms with Gasteiger partial charge in [-0.1, -0.05) is 11.6 Å². The number of nitrogens with two attached hydrogens (primary N) is 1. The summed E-state index contributed by atoms with van der Waals surface area (Å²) in [5.74, 6) is 0.535. The third-order valence-corrected chi connectivity index (χ3v) is 9.58. The van der Waals surface area contributed by atoms with Crippen LogP contribution in [0.15, 0.2) is 18.3 Å². The number of amides is 1. The number of halogens is 2. The minimum Gasteiger partial charge on any atom is -0.463 e. The average Bonchev–Trinajstić information content (AvgIpc) is 3.40. The summed E-state index contributed by atoms with van der Waals surface area (Å²) >= 11 is 6.66. The number of benzene rings is 1. The fourth-order valence-electron chi connectivity index (χ4n) is 6.85. The Bertz CT molecular complexity index is 1490. The number of rotatable bonds is 4. The Kier molecular flexibility index (Phi) is 9.14. The molecule has 2 aromatic heterocycles. The normalized spacial score (nSPS) is 21.9. The molecule has 3 N–H and O–H groups in total. The lowest BCUT2D eigenvalue weighted by Gasteiger charge is -2.34. The molecule has 2 atom stereocenters. The molecule has 0 spiro atoms. The fourth-order valence-corrected chi connectivity index (χ4v) is 7.18. The van der Waals surface area contributed by atoms with Gasteiger partial charge in [-0.25, -0.2) is 4.39 Å². The standard InChI is InChI=1S/C32H41ClFN7O2/c1-40-13-5-7-22(40)11-15-43-32-38-30-25-18-37-29(28(30)34)24-16-21(35)17-26(33)23(24)8-2-3-9-27(42)36-12-10-20-6-4-14-41(19-20)31(25)39-32/h16-18,20,22H,2-15,19,35H2,1H3,(H,36,42). The van der Waals surface area contributed by atoms with Crippen LogP contribution in [0.1, 0.15) is 63.4 Å². The van der Waals surface area contributed by atoms with Crippen LogP contribution >= 0.6 is 11.6 Å². The van der Waals surface area contributed by atoms with E-state index >= 15 is 4.39 Å². The predicted molar refractivity (Wildman–Crippen MR) is 168 cm³/mol. The van der Waals surface area contributed by atoms with E-state index in [2.05, 4.69) is 32.1 Å². The number of fused-ring (bicyclic) bond motifs is 8. The molecular formula is C32H41ClFN7O2. The third-order valence-electron chi connectivity index (χ3n) is 9.24. The molecule has 0 saturated carbocycles. The second kappa shape index (κ2) is 13.2. The van der Waals surface area contributed by atoms with Gasteiger partial charge in [0.2, 0.25) is 5.91 Å². The van der Waals surface area contributed by atoms with Crippen LogP contribution in [0.5, 0.6) is 6.01 Å². The maximum absolute atomic E-state index is 16.6. The quantitative estimate of drug-likeness (QED) is 0.380. The topological polar surface area (TPSA) is 109 Å². The number of nitrogens with one attached hydrogen (secondary N) is 1. The molecule has 9 nitrogen and oxygen atoms in total. The lowest BCUT2D eigenvalue weighted by molar-refractivity contribution is -0.121. The van der Waals surface area contributed by atoms with Gasteiger partial charge in [-0.2, -0.15) is 9.97 Å². The van der Waals surface area contributed by atoms with Gasteiger partial charge in [0, 0.05) is 54.6 Å². The van der Waals surface area contributed by atoms with Gasteiger partial charge in [0.1, 0.15) is 17.0 Å². The van der Waals surface area contributed by atoms with Crippen molar-refractivity contribution in [2.24, 2.45) is 5.92 Å². The summed E-state index contributed by atoms with van der Waals surface area (Å²) < 4.78 is 22.8. The van der Waals surface area contributed by atoms with E-state index in [-0.39, 0.29) is 23.1 Å². The molecule has 2 unspecified atom stereocenters. The highest BCUT2D eigenvalue weighted by atomic mass is 35.5. The van der Waals surface area contributed by atoms with Crippen molar-refractivity contribution >= 4 is 39.9 Å². The molecule has 1 aromatic carbocycles. The van der Waals surface area contributed by atoms with Crippen molar-refractivity contribution in [3.63, 3.8) is 0 Å². The van der Waals surface area contributed by atoms with Gasteiger partial charge in [0.05, 0.1) is 12.0 Å². The number of nitrogen functional groups attached to an aromatic ring is 1. The molecule has 7 rings (SSSR count). The maximum atomic E-state index is 16.6. The van der Waals surface area contributed by atoms with Crippen molar-refractivity contribution in [2.45, 2.75) is 70.3 Å². The summed E-state index contributed by atoms with van der Waals surface area (Å²) in [5.41, 5.74) is 8.24. The van der Waals surface area contributed by atoms with Gasteiger partial charge in [0.25, 0.3) is 0 Å². The van der Waals surface area contributed by atoms with E-state index in [1.165, 1.54) is 6.42 Å². The second-order valence-electron chi connectivity index (χ2n) is 12.3. The van der Waals surface area contributed by atoms with Gasteiger partial charge in [-0.05, 0) is 95.0 Å². The number of nitrogens with zero attached hydrogens (tertiary/aromatic N) is 5. The Morgan fingerprint density at radius 2 is 1.95 bits per heavy atom. The number of anilines is 2. The van der Waals surface area contributed by atoms with Gasteiger partial charge in [-0.3, -0.25) is 9.78 Å². The fraction of sp³-hybridized carbons (Fsp3) is 0.562. The van der Waals surface area contributed by atoms with Crippen LogP contribution in [0.2, 0.25) is 5.02 Å². The molecule has 3 aromatic rings. The number of piperidine rings is 1. The third kappa shape index (κ3) is 6.65. The molecule has 0 radical (unpaired) electrons. The first-order valence-electron chi connectivity index (χ1n) is 15.7. The first kappa shape index (κ1) is 29.8. The van der Waals surface area contributed by atoms with E-state index in [0.717, 1.165) is 63.7 Å². The molecule has 230 valence electrons. The van der Waals surface area contributed by atoms with Gasteiger partial charge < -0.3 is 25.6 Å². The van der Waals surface area contributed by atoms with Crippen LogP contribution < -0.4 is 20.7 Å². The number of likely N-dealkylation sites (tertiary alicyclic amines) is 1. The van der Waals surface area contributed by atoms with Crippen molar-refractivity contribution in [1.29, 1.82) is 0 Å². The lowest BCUT2D eigenvalue weighted by atomic mass is 9.94. The molecule has 4 aliphatic rings. The lowest BCUT2D eigenvalue weighted by Crippen LogP contribution is -2.38. The van der Waals surface area contributed by atoms with E-state index in [4.69, 9.17) is 27.1 Å². The Balaban J connectivity index is 1.43. The monoisotopic (exact) mass is 609 g/mol. The van der Waals surface area contributed by atoms with Gasteiger partial charge >= 0.3 is 6.01 Å². The van der Waals surface area contributed by atoms with Crippen molar-refractivity contribution in [2.75, 3.05) is 50.5 Å². The molecule has 1 amide bonds. The number of carbonyl (C=O) groups excluding carboxylic acids is 1. The van der Waals surface area contributed by atoms with Gasteiger partial charge in [0.15, 0.2) is 5.82 Å². The zero-order valence-corrected chi connectivity index (χ0v) is 25.6. The molecule has 43 heavy (non-hydrogen) atoms. The first-order chi connectivity index (χ1) is 20.9. The molecule has 11 heteroatoms. The van der Waals surface area contributed by atoms with E-state index in [1.807, 2.05) is 0 Å². The zero-order valence-electron chi connectivity index (χ0n) is 24.9. The van der Waals surface area contributed by atoms with E-state index in [1.54, 1.807) is 18.3 Å². The highest BCUT2D eigenvalue weighted by molar-refractivity contribution is 6.32. The summed E-state index contributed by atoms with van der Waals surface area (Å²) in [4.78, 5) is 31.2. The van der Waals surface area contributed by atoms with Crippen LogP contribution in [0.25, 0.3) is 22.2 Å². The summed E-state index contributed by atoms with van der Waals surface area (Å²) in [6.45, 7) is 3.74. The van der Waals surface area contributed by atoms with Crippen LogP contribution in [-0.2, 0) is 11.2 Å². The molecule has 0 aliphatic carbocycles. The van der Waals surface area contributed by atoms with Crippen molar-refractivity contribution in [1.82, 2.24) is 25.2 Å². The molecule has 2 fully saturated rings. The smallest absolute Gasteiger partial charge is 0.319 e. The molecular weight excluding hydrogens is 569 g/mol. The van der Waals surface area contributed by atoms with Crippen LogP contribution in [0, 0.1) is 11.7 Å².